The Labute approximate surface area is 122 Å². The van der Waals surface area contributed by atoms with Crippen LogP contribution in [0.5, 0.6) is 0 Å². The van der Waals surface area contributed by atoms with Crippen LogP contribution in [0.15, 0.2) is 10.9 Å². The van der Waals surface area contributed by atoms with Gasteiger partial charge in [0.05, 0.1) is 0 Å². The zero-order valence-electron chi connectivity index (χ0n) is 12.0. The van der Waals surface area contributed by atoms with Crippen molar-refractivity contribution >= 4 is 23.4 Å². The fraction of sp³-hybridized carbons (Fsp3) is 0.615. The lowest BCUT2D eigenvalue weighted by atomic mass is 9.95. The minimum Gasteiger partial charge on any atom is -0.458 e. The van der Waals surface area contributed by atoms with Crippen LogP contribution >= 0.6 is 11.6 Å². The molecule has 1 aliphatic heterocycles. The van der Waals surface area contributed by atoms with E-state index in [2.05, 4.69) is 10.3 Å². The average Bonchev–Trinajstić information content (AvgIpc) is 2.25. The van der Waals surface area contributed by atoms with E-state index in [1.807, 2.05) is 20.8 Å². The molecule has 0 saturated heterocycles. The van der Waals surface area contributed by atoms with Crippen LogP contribution in [0.3, 0.4) is 0 Å². The van der Waals surface area contributed by atoms with Crippen LogP contribution in [0.2, 0.25) is 5.15 Å². The SMILES string of the molecule is CC(C)(C)OC(=O)C1(C)CCn2c(cc(Cl)nc2=O)N1. The molecule has 1 N–H and O–H groups in total. The molecule has 6 nitrogen and oxygen atoms in total. The van der Waals surface area contributed by atoms with Gasteiger partial charge in [0.15, 0.2) is 0 Å². The number of nitrogens with zero attached hydrogens (tertiary/aromatic N) is 2. The predicted octanol–water partition coefficient (Wildman–Crippen LogP) is 1.81. The van der Waals surface area contributed by atoms with Gasteiger partial charge in [-0.2, -0.15) is 4.98 Å². The molecule has 1 aromatic rings. The number of hydrogen-bond donors (Lipinski definition) is 1. The van der Waals surface area contributed by atoms with Crippen molar-refractivity contribution in [3.05, 3.63) is 21.7 Å². The van der Waals surface area contributed by atoms with E-state index >= 15 is 0 Å². The Morgan fingerprint density at radius 2 is 2.20 bits per heavy atom. The Morgan fingerprint density at radius 3 is 2.80 bits per heavy atom. The summed E-state index contributed by atoms with van der Waals surface area (Å²) in [6, 6.07) is 1.53. The van der Waals surface area contributed by atoms with E-state index in [0.717, 1.165) is 0 Å². The fourth-order valence-corrected chi connectivity index (χ4v) is 2.20. The third kappa shape index (κ3) is 2.95. The molecule has 0 bridgehead atoms. The number of hydrogen-bond acceptors (Lipinski definition) is 5. The molecule has 0 aromatic carbocycles. The number of aromatic nitrogens is 2. The molecule has 0 fully saturated rings. The van der Waals surface area contributed by atoms with E-state index in [9.17, 15) is 9.59 Å². The molecule has 0 saturated carbocycles. The average molecular weight is 300 g/mol. The van der Waals surface area contributed by atoms with Crippen molar-refractivity contribution in [3.8, 4) is 0 Å². The second kappa shape index (κ2) is 4.77. The third-order valence-electron chi connectivity index (χ3n) is 3.07. The second-order valence-electron chi connectivity index (χ2n) is 6.11. The number of esters is 1. The maximum absolute atomic E-state index is 12.3. The summed E-state index contributed by atoms with van der Waals surface area (Å²) in [7, 11) is 0. The largest absolute Gasteiger partial charge is 0.458 e. The standard InChI is InChI=1S/C13H18ClN3O3/c1-12(2,3)20-10(18)13(4)5-6-17-9(16-13)7-8(14)15-11(17)19/h7,16H,5-6H2,1-4H3. The lowest BCUT2D eigenvalue weighted by Gasteiger charge is -2.37. The molecule has 0 amide bonds. The van der Waals surface area contributed by atoms with Gasteiger partial charge in [-0.3, -0.25) is 4.57 Å². The molecule has 1 aliphatic rings. The van der Waals surface area contributed by atoms with E-state index in [1.54, 1.807) is 6.92 Å². The minimum atomic E-state index is -0.885. The molecule has 2 rings (SSSR count). The van der Waals surface area contributed by atoms with Gasteiger partial charge in [0, 0.05) is 12.6 Å². The van der Waals surface area contributed by atoms with Crippen molar-refractivity contribution in [3.63, 3.8) is 0 Å². The van der Waals surface area contributed by atoms with Crippen molar-refractivity contribution in [2.75, 3.05) is 5.32 Å². The summed E-state index contributed by atoms with van der Waals surface area (Å²) in [6.07, 6.45) is 0.443. The molecule has 1 atom stereocenters. The molecule has 7 heteroatoms. The highest BCUT2D eigenvalue weighted by molar-refractivity contribution is 6.29. The Morgan fingerprint density at radius 1 is 1.55 bits per heavy atom. The molecule has 20 heavy (non-hydrogen) atoms. The maximum atomic E-state index is 12.3. The Kier molecular flexibility index (Phi) is 3.54. The topological polar surface area (TPSA) is 73.2 Å². The van der Waals surface area contributed by atoms with Crippen LogP contribution in [0.25, 0.3) is 0 Å². The minimum absolute atomic E-state index is 0.0992. The number of ether oxygens (including phenoxy) is 1. The zero-order valence-corrected chi connectivity index (χ0v) is 12.7. The highest BCUT2D eigenvalue weighted by Crippen LogP contribution is 2.28. The number of carbonyl (C=O) groups is 1. The number of carbonyl (C=O) groups excluding carboxylic acids is 1. The molecule has 1 aromatic heterocycles. The molecule has 1 unspecified atom stereocenters. The first-order valence-electron chi connectivity index (χ1n) is 6.40. The van der Waals surface area contributed by atoms with Crippen molar-refractivity contribution in [2.24, 2.45) is 0 Å². The van der Waals surface area contributed by atoms with Gasteiger partial charge in [0.1, 0.15) is 22.1 Å². The van der Waals surface area contributed by atoms with Crippen LogP contribution in [-0.4, -0.2) is 26.7 Å². The molecule has 0 aliphatic carbocycles. The summed E-state index contributed by atoms with van der Waals surface area (Å²) < 4.78 is 6.87. The Hall–Kier alpha value is -1.56. The summed E-state index contributed by atoms with van der Waals surface area (Å²) in [6.45, 7) is 7.59. The number of anilines is 1. The Balaban J connectivity index is 2.30. The summed E-state index contributed by atoms with van der Waals surface area (Å²) in [5, 5.41) is 3.14. The smallest absolute Gasteiger partial charge is 0.350 e. The molecular formula is C13H18ClN3O3. The summed E-state index contributed by atoms with van der Waals surface area (Å²) in [5.41, 5.74) is -1.87. The van der Waals surface area contributed by atoms with Gasteiger partial charge < -0.3 is 10.1 Å². The fourth-order valence-electron chi connectivity index (χ4n) is 2.02. The molecule has 2 heterocycles. The lowest BCUT2D eigenvalue weighted by molar-refractivity contribution is -0.160. The molecular weight excluding hydrogens is 282 g/mol. The third-order valence-corrected chi connectivity index (χ3v) is 3.26. The lowest BCUT2D eigenvalue weighted by Crippen LogP contribution is -2.52. The number of rotatable bonds is 1. The summed E-state index contributed by atoms with van der Waals surface area (Å²) in [5.74, 6) is 0.131. The van der Waals surface area contributed by atoms with Crippen molar-refractivity contribution < 1.29 is 9.53 Å². The van der Waals surface area contributed by atoms with Crippen LogP contribution in [0.1, 0.15) is 34.1 Å². The number of halogens is 1. The predicted molar refractivity (Wildman–Crippen MR) is 76.0 cm³/mol. The number of fused-ring (bicyclic) bond motifs is 1. The van der Waals surface area contributed by atoms with Gasteiger partial charge >= 0.3 is 11.7 Å². The monoisotopic (exact) mass is 299 g/mol. The normalized spacial score (nSPS) is 21.9. The van der Waals surface area contributed by atoms with Crippen LogP contribution in [0.4, 0.5) is 5.82 Å². The zero-order chi connectivity index (χ0) is 15.1. The van der Waals surface area contributed by atoms with Crippen molar-refractivity contribution in [1.29, 1.82) is 0 Å². The first kappa shape index (κ1) is 14.8. The van der Waals surface area contributed by atoms with Crippen molar-refractivity contribution in [1.82, 2.24) is 9.55 Å². The molecule has 0 spiro atoms. The van der Waals surface area contributed by atoms with Gasteiger partial charge in [-0.15, -0.1) is 0 Å². The quantitative estimate of drug-likeness (QED) is 0.632. The first-order chi connectivity index (χ1) is 9.11. The van der Waals surface area contributed by atoms with Crippen LogP contribution in [-0.2, 0) is 16.1 Å². The van der Waals surface area contributed by atoms with E-state index in [1.165, 1.54) is 10.6 Å². The Bertz CT molecular complexity index is 606. The van der Waals surface area contributed by atoms with Crippen LogP contribution < -0.4 is 11.0 Å². The summed E-state index contributed by atoms with van der Waals surface area (Å²) in [4.78, 5) is 27.7. The highest BCUT2D eigenvalue weighted by atomic mass is 35.5. The van der Waals surface area contributed by atoms with Gasteiger partial charge in [-0.05, 0) is 34.1 Å². The first-order valence-corrected chi connectivity index (χ1v) is 6.78. The maximum Gasteiger partial charge on any atom is 0.350 e. The molecule has 110 valence electrons. The van der Waals surface area contributed by atoms with Gasteiger partial charge in [0.25, 0.3) is 0 Å². The highest BCUT2D eigenvalue weighted by Gasteiger charge is 2.40. The second-order valence-corrected chi connectivity index (χ2v) is 6.49. The number of nitrogens with one attached hydrogen (secondary N) is 1. The van der Waals surface area contributed by atoms with Gasteiger partial charge in [0.2, 0.25) is 0 Å². The van der Waals surface area contributed by atoms with Crippen molar-refractivity contribution in [2.45, 2.75) is 51.8 Å². The van der Waals surface area contributed by atoms with E-state index in [-0.39, 0.29) is 11.1 Å². The van der Waals surface area contributed by atoms with Crippen LogP contribution in [0, 0.1) is 0 Å². The van der Waals surface area contributed by atoms with E-state index in [0.29, 0.717) is 18.8 Å². The van der Waals surface area contributed by atoms with Gasteiger partial charge in [-0.25, -0.2) is 9.59 Å². The van der Waals surface area contributed by atoms with E-state index in [4.69, 9.17) is 16.3 Å². The van der Waals surface area contributed by atoms with E-state index < -0.39 is 16.8 Å². The summed E-state index contributed by atoms with van der Waals surface area (Å²) >= 11 is 5.78. The molecule has 0 radical (unpaired) electrons. The van der Waals surface area contributed by atoms with Gasteiger partial charge in [-0.1, -0.05) is 11.6 Å².